The number of aromatic nitrogens is 1. The highest BCUT2D eigenvalue weighted by atomic mass is 16.2. The van der Waals surface area contributed by atoms with Gasteiger partial charge in [0, 0.05) is 37.3 Å². The molecule has 0 bridgehead atoms. The van der Waals surface area contributed by atoms with Gasteiger partial charge < -0.3 is 9.80 Å². The van der Waals surface area contributed by atoms with Gasteiger partial charge >= 0.3 is 0 Å². The maximum atomic E-state index is 12.9. The Morgan fingerprint density at radius 2 is 1.81 bits per heavy atom. The normalized spacial score (nSPS) is 16.4. The molecule has 3 rings (SSSR count). The molecule has 1 saturated heterocycles. The Kier molecular flexibility index (Phi) is 3.64. The van der Waals surface area contributed by atoms with E-state index in [1.54, 1.807) is 0 Å². The minimum atomic E-state index is 0.129. The van der Waals surface area contributed by atoms with E-state index >= 15 is 0 Å². The van der Waals surface area contributed by atoms with Gasteiger partial charge in [-0.3, -0.25) is 9.78 Å². The molecule has 2 heterocycles. The van der Waals surface area contributed by atoms with Crippen LogP contribution in [-0.2, 0) is 0 Å². The number of pyridine rings is 1. The van der Waals surface area contributed by atoms with Crippen molar-refractivity contribution in [3.63, 3.8) is 0 Å². The van der Waals surface area contributed by atoms with Crippen molar-refractivity contribution in [2.75, 3.05) is 33.2 Å². The van der Waals surface area contributed by atoms with Gasteiger partial charge in [0.2, 0.25) is 0 Å². The predicted octanol–water partition coefficient (Wildman–Crippen LogP) is 2.24. The number of amides is 1. The first-order valence-corrected chi connectivity index (χ1v) is 7.40. The van der Waals surface area contributed by atoms with Crippen molar-refractivity contribution < 1.29 is 4.79 Å². The number of piperazine rings is 1. The third kappa shape index (κ3) is 2.76. The monoisotopic (exact) mass is 283 g/mol. The first-order valence-electron chi connectivity index (χ1n) is 7.40. The summed E-state index contributed by atoms with van der Waals surface area (Å²) < 4.78 is 0. The summed E-state index contributed by atoms with van der Waals surface area (Å²) in [7, 11) is 2.09. The number of benzene rings is 1. The van der Waals surface area contributed by atoms with Crippen molar-refractivity contribution in [1.29, 1.82) is 0 Å². The highest BCUT2D eigenvalue weighted by Gasteiger charge is 2.22. The quantitative estimate of drug-likeness (QED) is 0.805. The van der Waals surface area contributed by atoms with Crippen LogP contribution in [0.4, 0.5) is 0 Å². The molecule has 110 valence electrons. The van der Waals surface area contributed by atoms with Crippen LogP contribution in [0.15, 0.2) is 24.3 Å². The van der Waals surface area contributed by atoms with E-state index in [0.29, 0.717) is 0 Å². The zero-order chi connectivity index (χ0) is 15.0. The van der Waals surface area contributed by atoms with E-state index in [9.17, 15) is 4.79 Å². The molecule has 1 aliphatic heterocycles. The minimum absolute atomic E-state index is 0.129. The molecular weight excluding hydrogens is 262 g/mol. The third-order valence-electron chi connectivity index (χ3n) is 4.11. The van der Waals surface area contributed by atoms with Gasteiger partial charge in [-0.2, -0.15) is 0 Å². The summed E-state index contributed by atoms with van der Waals surface area (Å²) in [5.74, 6) is 0.129. The lowest BCUT2D eigenvalue weighted by Gasteiger charge is -2.32. The topological polar surface area (TPSA) is 36.4 Å². The summed E-state index contributed by atoms with van der Waals surface area (Å²) >= 11 is 0. The third-order valence-corrected chi connectivity index (χ3v) is 4.11. The first kappa shape index (κ1) is 14.0. The van der Waals surface area contributed by atoms with Gasteiger partial charge in [-0.15, -0.1) is 0 Å². The number of nitrogens with zero attached hydrogens (tertiary/aromatic N) is 3. The molecule has 0 N–H and O–H groups in total. The molecule has 0 atom stereocenters. The Bertz CT molecular complexity index is 688. The van der Waals surface area contributed by atoms with Gasteiger partial charge in [0.15, 0.2) is 0 Å². The Balaban J connectivity index is 2.02. The smallest absolute Gasteiger partial charge is 0.254 e. The van der Waals surface area contributed by atoms with Crippen molar-refractivity contribution in [3.8, 4) is 0 Å². The second-order valence-electron chi connectivity index (χ2n) is 5.93. The van der Waals surface area contributed by atoms with E-state index in [-0.39, 0.29) is 5.91 Å². The molecule has 21 heavy (non-hydrogen) atoms. The van der Waals surface area contributed by atoms with E-state index < -0.39 is 0 Å². The van der Waals surface area contributed by atoms with Crippen LogP contribution >= 0.6 is 0 Å². The Morgan fingerprint density at radius 1 is 1.10 bits per heavy atom. The van der Waals surface area contributed by atoms with Crippen LogP contribution < -0.4 is 0 Å². The Morgan fingerprint density at radius 3 is 2.52 bits per heavy atom. The van der Waals surface area contributed by atoms with Crippen LogP contribution in [0.2, 0.25) is 0 Å². The van der Waals surface area contributed by atoms with Gasteiger partial charge in [0.25, 0.3) is 5.91 Å². The number of hydrogen-bond acceptors (Lipinski definition) is 3. The highest BCUT2D eigenvalue weighted by molar-refractivity contribution is 6.06. The lowest BCUT2D eigenvalue weighted by Crippen LogP contribution is -2.47. The van der Waals surface area contributed by atoms with Crippen molar-refractivity contribution in [3.05, 3.63) is 41.1 Å². The number of carbonyl (C=O) groups excluding carboxylic acids is 1. The lowest BCUT2D eigenvalue weighted by atomic mass is 10.0. The summed E-state index contributed by atoms with van der Waals surface area (Å²) in [4.78, 5) is 21.6. The summed E-state index contributed by atoms with van der Waals surface area (Å²) in [6.45, 7) is 7.46. The minimum Gasteiger partial charge on any atom is -0.336 e. The summed E-state index contributed by atoms with van der Waals surface area (Å²) in [5, 5.41) is 0.963. The van der Waals surface area contributed by atoms with Crippen molar-refractivity contribution in [1.82, 2.24) is 14.8 Å². The summed E-state index contributed by atoms with van der Waals surface area (Å²) in [6, 6.07) is 8.02. The average Bonchev–Trinajstić information content (AvgIpc) is 2.47. The van der Waals surface area contributed by atoms with Crippen molar-refractivity contribution in [2.24, 2.45) is 0 Å². The van der Waals surface area contributed by atoms with Crippen LogP contribution in [0.5, 0.6) is 0 Å². The van der Waals surface area contributed by atoms with Crippen LogP contribution in [0.1, 0.15) is 21.6 Å². The molecule has 2 aromatic rings. The molecule has 0 spiro atoms. The molecule has 0 aliphatic carbocycles. The van der Waals surface area contributed by atoms with E-state index in [1.165, 1.54) is 0 Å². The second kappa shape index (κ2) is 5.45. The molecule has 0 radical (unpaired) electrons. The molecule has 4 heteroatoms. The zero-order valence-corrected chi connectivity index (χ0v) is 12.9. The number of rotatable bonds is 1. The molecule has 1 aromatic heterocycles. The Hall–Kier alpha value is -1.94. The molecule has 1 aliphatic rings. The van der Waals surface area contributed by atoms with Crippen molar-refractivity contribution >= 4 is 16.8 Å². The Labute approximate surface area is 125 Å². The predicted molar refractivity (Wildman–Crippen MR) is 84.6 cm³/mol. The highest BCUT2D eigenvalue weighted by Crippen LogP contribution is 2.22. The maximum Gasteiger partial charge on any atom is 0.254 e. The van der Waals surface area contributed by atoms with Gasteiger partial charge in [0.05, 0.1) is 11.1 Å². The number of hydrogen-bond donors (Lipinski definition) is 0. The SMILES string of the molecule is Cc1ccc2nc(C)cc(C(=O)N3CCN(C)CC3)c2c1. The number of aryl methyl sites for hydroxylation is 2. The van der Waals surface area contributed by atoms with E-state index in [1.807, 2.05) is 36.9 Å². The van der Waals surface area contributed by atoms with E-state index in [0.717, 1.165) is 53.9 Å². The molecule has 1 fully saturated rings. The fourth-order valence-electron chi connectivity index (χ4n) is 2.83. The molecule has 1 aromatic carbocycles. The van der Waals surface area contributed by atoms with Gasteiger partial charge in [0.1, 0.15) is 0 Å². The van der Waals surface area contributed by atoms with E-state index in [2.05, 4.69) is 23.0 Å². The molecular formula is C17H21N3O. The van der Waals surface area contributed by atoms with Gasteiger partial charge in [-0.25, -0.2) is 0 Å². The van der Waals surface area contributed by atoms with Crippen LogP contribution in [0.3, 0.4) is 0 Å². The van der Waals surface area contributed by atoms with Gasteiger partial charge in [-0.1, -0.05) is 11.6 Å². The summed E-state index contributed by atoms with van der Waals surface area (Å²) in [6.07, 6.45) is 0. The molecule has 1 amide bonds. The lowest BCUT2D eigenvalue weighted by molar-refractivity contribution is 0.0666. The van der Waals surface area contributed by atoms with Crippen molar-refractivity contribution in [2.45, 2.75) is 13.8 Å². The molecule has 0 unspecified atom stereocenters. The maximum absolute atomic E-state index is 12.9. The fraction of sp³-hybridized carbons (Fsp3) is 0.412. The fourth-order valence-corrected chi connectivity index (χ4v) is 2.83. The largest absolute Gasteiger partial charge is 0.336 e. The van der Waals surface area contributed by atoms with Crippen LogP contribution in [0.25, 0.3) is 10.9 Å². The standard InChI is InChI=1S/C17H21N3O/c1-12-4-5-16-14(10-12)15(11-13(2)18-16)17(21)20-8-6-19(3)7-9-20/h4-5,10-11H,6-9H2,1-3H3. The second-order valence-corrected chi connectivity index (χ2v) is 5.93. The summed E-state index contributed by atoms with van der Waals surface area (Å²) in [5.41, 5.74) is 3.73. The number of carbonyl (C=O) groups is 1. The molecule has 0 saturated carbocycles. The van der Waals surface area contributed by atoms with E-state index in [4.69, 9.17) is 0 Å². The number of likely N-dealkylation sites (N-methyl/N-ethyl adjacent to an activating group) is 1. The van der Waals surface area contributed by atoms with Crippen LogP contribution in [0, 0.1) is 13.8 Å². The van der Waals surface area contributed by atoms with Gasteiger partial charge in [-0.05, 0) is 39.1 Å². The average molecular weight is 283 g/mol. The number of fused-ring (bicyclic) bond motifs is 1. The van der Waals surface area contributed by atoms with Crippen LogP contribution in [-0.4, -0.2) is 53.9 Å². The molecule has 4 nitrogen and oxygen atoms in total. The zero-order valence-electron chi connectivity index (χ0n) is 12.9. The first-order chi connectivity index (χ1) is 10.0.